The summed E-state index contributed by atoms with van der Waals surface area (Å²) in [4.78, 5) is 7.39. The average molecular weight is 324 g/mol. The molecule has 2 aromatic rings. The number of aromatic amines is 1. The van der Waals surface area contributed by atoms with Crippen molar-refractivity contribution < 1.29 is 4.74 Å². The number of benzene rings is 1. The monoisotopic (exact) mass is 323 g/mol. The van der Waals surface area contributed by atoms with Gasteiger partial charge in [0.1, 0.15) is 16.2 Å². The molecular weight excluding hydrogens is 306 g/mol. The van der Waals surface area contributed by atoms with Crippen LogP contribution in [0, 0.1) is 20.8 Å². The molecule has 1 heterocycles. The minimum atomic E-state index is -0.269. The molecule has 3 N–H and O–H groups in total. The second-order valence-corrected chi connectivity index (χ2v) is 5.51. The molecule has 0 bridgehead atoms. The van der Waals surface area contributed by atoms with E-state index in [1.807, 2.05) is 6.92 Å². The van der Waals surface area contributed by atoms with Gasteiger partial charge in [-0.3, -0.25) is 0 Å². The normalized spacial score (nSPS) is 12.5. The van der Waals surface area contributed by atoms with Crippen LogP contribution in [0.1, 0.15) is 34.1 Å². The first-order valence-electron chi connectivity index (χ1n) is 6.06. The second-order valence-electron chi connectivity index (χ2n) is 4.66. The molecular formula is C14H18BrN3O. The molecule has 1 unspecified atom stereocenters. The summed E-state index contributed by atoms with van der Waals surface area (Å²) in [6, 6.07) is 1.80. The van der Waals surface area contributed by atoms with E-state index in [4.69, 9.17) is 10.5 Å². The maximum absolute atomic E-state index is 6.30. The first-order valence-corrected chi connectivity index (χ1v) is 6.85. The molecule has 1 atom stereocenters. The largest absolute Gasteiger partial charge is 0.496 e. The molecule has 102 valence electrons. The van der Waals surface area contributed by atoms with Gasteiger partial charge in [-0.15, -0.1) is 0 Å². The first-order chi connectivity index (χ1) is 8.95. The van der Waals surface area contributed by atoms with Crippen molar-refractivity contribution in [2.24, 2.45) is 5.73 Å². The summed E-state index contributed by atoms with van der Waals surface area (Å²) in [6.07, 6.45) is 1.72. The Morgan fingerprint density at radius 3 is 2.53 bits per heavy atom. The smallest absolute Gasteiger partial charge is 0.128 e. The molecule has 0 amide bonds. The van der Waals surface area contributed by atoms with Crippen LogP contribution in [0.4, 0.5) is 0 Å². The zero-order chi connectivity index (χ0) is 14.2. The summed E-state index contributed by atoms with van der Waals surface area (Å²) in [5, 5.41) is 0. The van der Waals surface area contributed by atoms with Crippen molar-refractivity contribution in [2.75, 3.05) is 7.11 Å². The zero-order valence-electron chi connectivity index (χ0n) is 11.5. The fourth-order valence-corrected chi connectivity index (χ4v) is 2.65. The van der Waals surface area contributed by atoms with E-state index in [1.165, 1.54) is 0 Å². The number of halogens is 1. The highest BCUT2D eigenvalue weighted by molar-refractivity contribution is 9.10. The highest BCUT2D eigenvalue weighted by Gasteiger charge is 2.18. The van der Waals surface area contributed by atoms with Crippen molar-refractivity contribution in [3.63, 3.8) is 0 Å². The summed E-state index contributed by atoms with van der Waals surface area (Å²) in [6.45, 7) is 6.14. The Morgan fingerprint density at radius 2 is 2.00 bits per heavy atom. The van der Waals surface area contributed by atoms with Gasteiger partial charge in [0.25, 0.3) is 0 Å². The van der Waals surface area contributed by atoms with Gasteiger partial charge in [0, 0.05) is 0 Å². The van der Waals surface area contributed by atoms with Crippen LogP contribution < -0.4 is 10.5 Å². The molecule has 0 aliphatic heterocycles. The first kappa shape index (κ1) is 14.1. The molecule has 0 fully saturated rings. The van der Waals surface area contributed by atoms with E-state index < -0.39 is 0 Å². The van der Waals surface area contributed by atoms with Crippen molar-refractivity contribution in [3.05, 3.63) is 44.9 Å². The molecule has 4 nitrogen and oxygen atoms in total. The van der Waals surface area contributed by atoms with Crippen LogP contribution in [0.2, 0.25) is 0 Å². The van der Waals surface area contributed by atoms with Crippen LogP contribution in [0.25, 0.3) is 0 Å². The van der Waals surface area contributed by atoms with Gasteiger partial charge < -0.3 is 15.5 Å². The van der Waals surface area contributed by atoms with Crippen molar-refractivity contribution >= 4 is 15.9 Å². The molecule has 1 aromatic carbocycles. The van der Waals surface area contributed by atoms with Crippen LogP contribution in [0.15, 0.2) is 16.9 Å². The third-order valence-electron chi connectivity index (χ3n) is 3.46. The van der Waals surface area contributed by atoms with E-state index in [0.29, 0.717) is 0 Å². The van der Waals surface area contributed by atoms with Gasteiger partial charge in [-0.1, -0.05) is 6.07 Å². The van der Waals surface area contributed by atoms with Crippen molar-refractivity contribution in [2.45, 2.75) is 26.8 Å². The second kappa shape index (κ2) is 5.35. The summed E-state index contributed by atoms with van der Waals surface area (Å²) in [5.41, 5.74) is 10.7. The number of nitrogens with two attached hydrogens (primary N) is 1. The van der Waals surface area contributed by atoms with Crippen LogP contribution in [0.5, 0.6) is 5.75 Å². The number of hydrogen-bond acceptors (Lipinski definition) is 3. The van der Waals surface area contributed by atoms with Gasteiger partial charge >= 0.3 is 0 Å². The summed E-state index contributed by atoms with van der Waals surface area (Å²) in [5.74, 6) is 1.67. The van der Waals surface area contributed by atoms with Crippen molar-refractivity contribution in [1.82, 2.24) is 9.97 Å². The molecule has 5 heteroatoms. The van der Waals surface area contributed by atoms with Gasteiger partial charge in [0.2, 0.25) is 0 Å². The van der Waals surface area contributed by atoms with Gasteiger partial charge in [-0.25, -0.2) is 4.98 Å². The van der Waals surface area contributed by atoms with Crippen LogP contribution in [-0.4, -0.2) is 17.1 Å². The van der Waals surface area contributed by atoms with Crippen molar-refractivity contribution in [1.29, 1.82) is 0 Å². The van der Waals surface area contributed by atoms with Crippen LogP contribution >= 0.6 is 15.9 Å². The average Bonchev–Trinajstić information content (AvgIpc) is 2.80. The maximum atomic E-state index is 6.30. The van der Waals surface area contributed by atoms with E-state index >= 15 is 0 Å². The zero-order valence-corrected chi connectivity index (χ0v) is 13.1. The molecule has 0 radical (unpaired) electrons. The number of nitrogens with zero attached hydrogens (tertiary/aromatic N) is 1. The molecule has 2 rings (SSSR count). The molecule has 1 aromatic heterocycles. The summed E-state index contributed by atoms with van der Waals surface area (Å²) >= 11 is 3.35. The predicted octanol–water partition coefficient (Wildman–Crippen LogP) is 3.15. The number of hydrogen-bond donors (Lipinski definition) is 2. The third-order valence-corrected chi connectivity index (χ3v) is 3.87. The Hall–Kier alpha value is -1.33. The number of aromatic nitrogens is 2. The molecule has 0 spiro atoms. The molecule has 0 saturated heterocycles. The van der Waals surface area contributed by atoms with Gasteiger partial charge in [0.05, 0.1) is 19.3 Å². The maximum Gasteiger partial charge on any atom is 0.128 e. The minimum absolute atomic E-state index is 0.269. The Morgan fingerprint density at radius 1 is 1.32 bits per heavy atom. The standard InChI is InChI=1S/C14H18BrN3O/c1-7-5-10(8(2)9(3)13(7)19-4)12(16)14-17-6-11(15)18-14/h5-6,12H,16H2,1-4H3,(H,17,18). The van der Waals surface area contributed by atoms with E-state index in [1.54, 1.807) is 13.3 Å². The fourth-order valence-electron chi connectivity index (χ4n) is 2.35. The van der Waals surface area contributed by atoms with Gasteiger partial charge in [-0.05, 0) is 59.0 Å². The lowest BCUT2D eigenvalue weighted by molar-refractivity contribution is 0.408. The lowest BCUT2D eigenvalue weighted by Gasteiger charge is -2.19. The minimum Gasteiger partial charge on any atom is -0.496 e. The molecule has 19 heavy (non-hydrogen) atoms. The van der Waals surface area contributed by atoms with Crippen molar-refractivity contribution in [3.8, 4) is 5.75 Å². The molecule has 0 saturated carbocycles. The molecule has 0 aliphatic rings. The SMILES string of the molecule is COc1c(C)cc(C(N)c2ncc(Br)[nH]2)c(C)c1C. The number of ether oxygens (including phenoxy) is 1. The highest BCUT2D eigenvalue weighted by Crippen LogP contribution is 2.32. The van der Waals surface area contributed by atoms with E-state index in [-0.39, 0.29) is 6.04 Å². The number of H-pyrrole nitrogens is 1. The fraction of sp³-hybridized carbons (Fsp3) is 0.357. The number of methoxy groups -OCH3 is 1. The lowest BCUT2D eigenvalue weighted by Crippen LogP contribution is -2.16. The van der Waals surface area contributed by atoms with E-state index in [0.717, 1.165) is 38.4 Å². The van der Waals surface area contributed by atoms with Gasteiger partial charge in [-0.2, -0.15) is 0 Å². The Labute approximate surface area is 121 Å². The van der Waals surface area contributed by atoms with Crippen LogP contribution in [0.3, 0.4) is 0 Å². The predicted molar refractivity (Wildman–Crippen MR) is 79.5 cm³/mol. The summed E-state index contributed by atoms with van der Waals surface area (Å²) in [7, 11) is 1.69. The number of imidazole rings is 1. The lowest BCUT2D eigenvalue weighted by atomic mass is 9.94. The quantitative estimate of drug-likeness (QED) is 0.911. The van der Waals surface area contributed by atoms with E-state index in [2.05, 4.69) is 45.8 Å². The third kappa shape index (κ3) is 2.53. The Balaban J connectivity index is 2.51. The number of rotatable bonds is 3. The van der Waals surface area contributed by atoms with E-state index in [9.17, 15) is 0 Å². The van der Waals surface area contributed by atoms with Gasteiger partial charge in [0.15, 0.2) is 0 Å². The topological polar surface area (TPSA) is 63.9 Å². The Bertz CT molecular complexity index is 607. The molecule has 0 aliphatic carbocycles. The highest BCUT2D eigenvalue weighted by atomic mass is 79.9. The summed E-state index contributed by atoms with van der Waals surface area (Å²) < 4.78 is 6.26. The van der Waals surface area contributed by atoms with Crippen LogP contribution in [-0.2, 0) is 0 Å². The number of aryl methyl sites for hydroxylation is 1. The Kier molecular flexibility index (Phi) is 3.96. The number of nitrogens with one attached hydrogen (secondary N) is 1.